The zero-order chi connectivity index (χ0) is 23.2. The molecule has 0 radical (unpaired) electrons. The summed E-state index contributed by atoms with van der Waals surface area (Å²) in [6.07, 6.45) is 2.15. The van der Waals surface area contributed by atoms with Crippen LogP contribution in [0.1, 0.15) is 5.56 Å². The van der Waals surface area contributed by atoms with Crippen molar-refractivity contribution in [3.8, 4) is 22.9 Å². The van der Waals surface area contributed by atoms with E-state index in [4.69, 9.17) is 4.52 Å². The van der Waals surface area contributed by atoms with Crippen LogP contribution < -0.4 is 10.6 Å². The maximum absolute atomic E-state index is 14.2. The first kappa shape index (κ1) is 21.6. The fourth-order valence-corrected chi connectivity index (χ4v) is 2.95. The quantitative estimate of drug-likeness (QED) is 0.437. The van der Waals surface area contributed by atoms with Gasteiger partial charge < -0.3 is 19.9 Å². The highest BCUT2D eigenvalue weighted by Crippen LogP contribution is 2.25. The van der Waals surface area contributed by atoms with Gasteiger partial charge in [-0.2, -0.15) is 5.10 Å². The molecule has 4 aromatic rings. The van der Waals surface area contributed by atoms with E-state index in [9.17, 15) is 14.0 Å². The minimum absolute atomic E-state index is 0.143. The lowest BCUT2D eigenvalue weighted by atomic mass is 10.2. The Morgan fingerprint density at radius 1 is 1.18 bits per heavy atom. The summed E-state index contributed by atoms with van der Waals surface area (Å²) < 4.78 is 25.1. The molecular formula is C21H18FN7O4. The molecule has 0 aliphatic heterocycles. The number of alkyl carbamates (subject to hydrolysis) is 1. The number of carbonyl (C=O) groups is 2. The zero-order valence-corrected chi connectivity index (χ0v) is 17.4. The van der Waals surface area contributed by atoms with E-state index in [0.717, 1.165) is 0 Å². The van der Waals surface area contributed by atoms with Crippen molar-refractivity contribution in [2.75, 3.05) is 19.0 Å². The van der Waals surface area contributed by atoms with Crippen molar-refractivity contribution in [3.05, 3.63) is 66.3 Å². The monoisotopic (exact) mass is 451 g/mol. The molecule has 0 aliphatic rings. The van der Waals surface area contributed by atoms with E-state index < -0.39 is 12.0 Å². The predicted molar refractivity (Wildman–Crippen MR) is 113 cm³/mol. The summed E-state index contributed by atoms with van der Waals surface area (Å²) in [4.78, 5) is 31.6. The van der Waals surface area contributed by atoms with Gasteiger partial charge in [0, 0.05) is 17.8 Å². The first-order valence-electron chi connectivity index (χ1n) is 9.70. The third kappa shape index (κ3) is 5.18. The third-order valence-corrected chi connectivity index (χ3v) is 4.49. The molecule has 0 saturated carbocycles. The number of methoxy groups -OCH3 is 1. The third-order valence-electron chi connectivity index (χ3n) is 4.49. The molecule has 1 aromatic carbocycles. The highest BCUT2D eigenvalue weighted by molar-refractivity contribution is 5.93. The van der Waals surface area contributed by atoms with Gasteiger partial charge in [-0.25, -0.2) is 19.2 Å². The minimum Gasteiger partial charge on any atom is -0.453 e. The second-order valence-electron chi connectivity index (χ2n) is 6.71. The number of halogens is 1. The van der Waals surface area contributed by atoms with Crippen molar-refractivity contribution in [1.29, 1.82) is 0 Å². The lowest BCUT2D eigenvalue weighted by Crippen LogP contribution is -2.32. The van der Waals surface area contributed by atoms with Gasteiger partial charge in [0.05, 0.1) is 19.3 Å². The standard InChI is InChI=1S/C21H18FN7O4/c1-32-21(31)24-11-19(30)25-18-6-8-23-20(26-18)16-10-17(15-7-9-33-28-15)29(27-16)12-13-4-2-3-5-14(13)22/h2-10H,11-12H2,1H3,(H,24,31)(H,23,25,26,30). The van der Waals surface area contributed by atoms with Gasteiger partial charge in [-0.15, -0.1) is 0 Å². The fraction of sp³-hybridized carbons (Fsp3) is 0.143. The van der Waals surface area contributed by atoms with Crippen molar-refractivity contribution in [2.45, 2.75) is 6.54 Å². The van der Waals surface area contributed by atoms with Crippen LogP contribution in [0, 0.1) is 5.82 Å². The number of nitrogens with one attached hydrogen (secondary N) is 2. The van der Waals surface area contributed by atoms with Crippen LogP contribution in [0.5, 0.6) is 0 Å². The Bertz CT molecular complexity index is 1270. The minimum atomic E-state index is -0.727. The van der Waals surface area contributed by atoms with E-state index >= 15 is 0 Å². The van der Waals surface area contributed by atoms with Gasteiger partial charge in [0.25, 0.3) is 0 Å². The molecule has 0 saturated heterocycles. The van der Waals surface area contributed by atoms with Crippen molar-refractivity contribution in [1.82, 2.24) is 30.2 Å². The molecule has 3 heterocycles. The maximum atomic E-state index is 14.2. The molecule has 3 aromatic heterocycles. The van der Waals surface area contributed by atoms with E-state index in [-0.39, 0.29) is 30.5 Å². The van der Waals surface area contributed by atoms with E-state index in [1.54, 1.807) is 35.0 Å². The molecule has 0 atom stereocenters. The number of carbonyl (C=O) groups excluding carboxylic acids is 2. The Balaban J connectivity index is 1.60. The molecule has 0 bridgehead atoms. The van der Waals surface area contributed by atoms with Crippen LogP contribution in [0.15, 0.2) is 59.4 Å². The summed E-state index contributed by atoms with van der Waals surface area (Å²) in [5.41, 5.74) is 1.90. The zero-order valence-electron chi connectivity index (χ0n) is 17.4. The molecule has 33 heavy (non-hydrogen) atoms. The molecule has 0 aliphatic carbocycles. The second-order valence-corrected chi connectivity index (χ2v) is 6.71. The Kier molecular flexibility index (Phi) is 6.34. The number of ether oxygens (including phenoxy) is 1. The summed E-state index contributed by atoms with van der Waals surface area (Å²) in [7, 11) is 1.20. The van der Waals surface area contributed by atoms with Crippen LogP contribution in [0.2, 0.25) is 0 Å². The van der Waals surface area contributed by atoms with Gasteiger partial charge in [0.1, 0.15) is 35.8 Å². The maximum Gasteiger partial charge on any atom is 0.407 e. The number of rotatable bonds is 7. The molecule has 11 nitrogen and oxygen atoms in total. The second kappa shape index (κ2) is 9.68. The number of aromatic nitrogens is 5. The number of amides is 2. The predicted octanol–water partition coefficient (Wildman–Crippen LogP) is 2.48. The van der Waals surface area contributed by atoms with Crippen LogP contribution in [-0.2, 0) is 16.1 Å². The molecule has 0 fully saturated rings. The van der Waals surface area contributed by atoms with Gasteiger partial charge in [-0.05, 0) is 18.2 Å². The largest absolute Gasteiger partial charge is 0.453 e. The van der Waals surface area contributed by atoms with Crippen molar-refractivity contribution >= 4 is 17.8 Å². The topological polar surface area (TPSA) is 137 Å². The highest BCUT2D eigenvalue weighted by Gasteiger charge is 2.17. The lowest BCUT2D eigenvalue weighted by molar-refractivity contribution is -0.115. The van der Waals surface area contributed by atoms with E-state index in [1.165, 1.54) is 31.7 Å². The number of hydrogen-bond acceptors (Lipinski definition) is 8. The van der Waals surface area contributed by atoms with Crippen LogP contribution >= 0.6 is 0 Å². The average Bonchev–Trinajstić information content (AvgIpc) is 3.49. The summed E-state index contributed by atoms with van der Waals surface area (Å²) in [6, 6.07) is 11.2. The smallest absolute Gasteiger partial charge is 0.407 e. The molecule has 4 rings (SSSR count). The highest BCUT2D eigenvalue weighted by atomic mass is 19.1. The molecule has 0 unspecified atom stereocenters. The van der Waals surface area contributed by atoms with E-state index in [0.29, 0.717) is 22.6 Å². The molecule has 168 valence electrons. The number of anilines is 1. The summed E-state index contributed by atoms with van der Waals surface area (Å²) in [5, 5.41) is 13.3. The normalized spacial score (nSPS) is 10.6. The van der Waals surface area contributed by atoms with Gasteiger partial charge in [0.2, 0.25) is 5.91 Å². The van der Waals surface area contributed by atoms with Crippen LogP contribution in [-0.4, -0.2) is 50.6 Å². The molecule has 2 amide bonds. The SMILES string of the molecule is COC(=O)NCC(=O)Nc1ccnc(-c2cc(-c3ccon3)n(Cc3ccccc3F)n2)n1. The van der Waals surface area contributed by atoms with Gasteiger partial charge in [-0.1, -0.05) is 23.4 Å². The Morgan fingerprint density at radius 2 is 2.03 bits per heavy atom. The van der Waals surface area contributed by atoms with Crippen molar-refractivity contribution < 1.29 is 23.2 Å². The number of benzene rings is 1. The fourth-order valence-electron chi connectivity index (χ4n) is 2.95. The Hall–Kier alpha value is -4.61. The van der Waals surface area contributed by atoms with Crippen LogP contribution in [0.3, 0.4) is 0 Å². The van der Waals surface area contributed by atoms with Crippen LogP contribution in [0.4, 0.5) is 15.0 Å². The van der Waals surface area contributed by atoms with Gasteiger partial charge in [-0.3, -0.25) is 9.48 Å². The lowest BCUT2D eigenvalue weighted by Gasteiger charge is -2.07. The van der Waals surface area contributed by atoms with E-state index in [1.807, 2.05) is 0 Å². The van der Waals surface area contributed by atoms with Gasteiger partial charge in [0.15, 0.2) is 5.82 Å². The molecule has 2 N–H and O–H groups in total. The van der Waals surface area contributed by atoms with Crippen LogP contribution in [0.25, 0.3) is 22.9 Å². The molecule has 12 heteroatoms. The van der Waals surface area contributed by atoms with Gasteiger partial charge >= 0.3 is 6.09 Å². The summed E-state index contributed by atoms with van der Waals surface area (Å²) >= 11 is 0. The Morgan fingerprint density at radius 3 is 2.79 bits per heavy atom. The average molecular weight is 451 g/mol. The number of nitrogens with zero attached hydrogens (tertiary/aromatic N) is 5. The Labute approximate surface area is 186 Å². The van der Waals surface area contributed by atoms with E-state index in [2.05, 4.69) is 35.6 Å². The summed E-state index contributed by atoms with van der Waals surface area (Å²) in [6.45, 7) is -0.149. The molecular weight excluding hydrogens is 433 g/mol. The molecule has 0 spiro atoms. The van der Waals surface area contributed by atoms with Crippen molar-refractivity contribution in [3.63, 3.8) is 0 Å². The summed E-state index contributed by atoms with van der Waals surface area (Å²) in [5.74, 6) is -0.422. The number of hydrogen-bond donors (Lipinski definition) is 2. The first-order valence-corrected chi connectivity index (χ1v) is 9.70. The van der Waals surface area contributed by atoms with Crippen molar-refractivity contribution in [2.24, 2.45) is 0 Å². The first-order chi connectivity index (χ1) is 16.0.